The second-order valence-electron chi connectivity index (χ2n) is 2.97. The summed E-state index contributed by atoms with van der Waals surface area (Å²) in [6, 6.07) is 9.97. The normalized spacial score (nSPS) is 11.0. The molecule has 0 N–H and O–H groups in total. The van der Waals surface area contributed by atoms with Gasteiger partial charge in [0.2, 0.25) is 0 Å². The Morgan fingerprint density at radius 1 is 1.46 bits per heavy atom. The van der Waals surface area contributed by atoms with E-state index in [0.29, 0.717) is 6.42 Å². The van der Waals surface area contributed by atoms with Gasteiger partial charge in [0.05, 0.1) is 18.2 Å². The van der Waals surface area contributed by atoms with Crippen molar-refractivity contribution in [2.24, 2.45) is 4.99 Å². The first kappa shape index (κ1) is 9.47. The Kier molecular flexibility index (Phi) is 3.22. The molecule has 0 saturated carbocycles. The third kappa shape index (κ3) is 2.72. The summed E-state index contributed by atoms with van der Waals surface area (Å²) in [4.78, 5) is 4.34. The summed E-state index contributed by atoms with van der Waals surface area (Å²) < 4.78 is 0. The van der Waals surface area contributed by atoms with Crippen LogP contribution in [0, 0.1) is 18.3 Å². The molecule has 13 heavy (non-hydrogen) atoms. The fraction of sp³-hybridized carbons (Fsp3) is 0.273. The maximum Gasteiger partial charge on any atom is 0.0732 e. The molecule has 0 fully saturated rings. The molecule has 0 amide bonds. The minimum atomic E-state index is 0.397. The molecule has 0 spiro atoms. The Labute approximate surface area is 78.5 Å². The van der Waals surface area contributed by atoms with Gasteiger partial charge in [-0.3, -0.25) is 4.99 Å². The lowest BCUT2D eigenvalue weighted by atomic mass is 10.2. The van der Waals surface area contributed by atoms with Crippen molar-refractivity contribution < 1.29 is 0 Å². The number of nitriles is 1. The van der Waals surface area contributed by atoms with Gasteiger partial charge < -0.3 is 0 Å². The summed E-state index contributed by atoms with van der Waals surface area (Å²) in [5, 5.41) is 8.45. The minimum Gasteiger partial charge on any atom is -0.257 e. The Morgan fingerprint density at radius 3 is 2.77 bits per heavy atom. The molecular formula is C11H12N2. The highest BCUT2D eigenvalue weighted by atomic mass is 14.7. The first-order valence-electron chi connectivity index (χ1n) is 4.21. The summed E-state index contributed by atoms with van der Waals surface area (Å²) in [7, 11) is 0. The highest BCUT2D eigenvalue weighted by Gasteiger charge is 1.94. The average molecular weight is 172 g/mol. The van der Waals surface area contributed by atoms with E-state index in [0.717, 1.165) is 17.0 Å². The Hall–Kier alpha value is -1.62. The lowest BCUT2D eigenvalue weighted by Gasteiger charge is -1.99. The summed E-state index contributed by atoms with van der Waals surface area (Å²) in [5.41, 5.74) is 2.95. The maximum atomic E-state index is 8.45. The van der Waals surface area contributed by atoms with Crippen molar-refractivity contribution in [3.05, 3.63) is 29.8 Å². The summed E-state index contributed by atoms with van der Waals surface area (Å²) >= 11 is 0. The third-order valence-electron chi connectivity index (χ3n) is 1.76. The van der Waals surface area contributed by atoms with Crippen LogP contribution in [0.3, 0.4) is 0 Å². The van der Waals surface area contributed by atoms with E-state index < -0.39 is 0 Å². The highest BCUT2D eigenvalue weighted by molar-refractivity contribution is 5.86. The quantitative estimate of drug-likeness (QED) is 0.631. The molecule has 0 aliphatic heterocycles. The Bertz CT molecular complexity index is 359. The third-order valence-corrected chi connectivity index (χ3v) is 1.76. The standard InChI is InChI=1S/C11H12N2/c1-9-5-3-4-6-11(9)13-10(2)7-8-12/h3-6H,7H2,1-2H3. The molecule has 0 aromatic heterocycles. The predicted molar refractivity (Wildman–Crippen MR) is 54.2 cm³/mol. The van der Waals surface area contributed by atoms with E-state index in [1.54, 1.807) is 0 Å². The van der Waals surface area contributed by atoms with Gasteiger partial charge in [-0.1, -0.05) is 18.2 Å². The van der Waals surface area contributed by atoms with E-state index in [9.17, 15) is 0 Å². The van der Waals surface area contributed by atoms with Crippen LogP contribution in [-0.4, -0.2) is 5.71 Å². The number of aliphatic imine (C=N–C) groups is 1. The molecule has 0 saturated heterocycles. The molecule has 1 rings (SSSR count). The van der Waals surface area contributed by atoms with Crippen LogP contribution in [0.4, 0.5) is 5.69 Å². The fourth-order valence-electron chi connectivity index (χ4n) is 1.05. The van der Waals surface area contributed by atoms with E-state index >= 15 is 0 Å². The predicted octanol–water partition coefficient (Wildman–Crippen LogP) is 3.00. The zero-order valence-electron chi connectivity index (χ0n) is 7.91. The van der Waals surface area contributed by atoms with Crippen LogP contribution in [-0.2, 0) is 0 Å². The number of aryl methyl sites for hydroxylation is 1. The van der Waals surface area contributed by atoms with Crippen molar-refractivity contribution in [2.45, 2.75) is 20.3 Å². The van der Waals surface area contributed by atoms with Crippen LogP contribution in [0.25, 0.3) is 0 Å². The second kappa shape index (κ2) is 4.42. The number of para-hydroxylation sites is 1. The average Bonchev–Trinajstić information content (AvgIpc) is 2.09. The van der Waals surface area contributed by atoms with Crippen molar-refractivity contribution in [1.82, 2.24) is 0 Å². The van der Waals surface area contributed by atoms with Gasteiger partial charge >= 0.3 is 0 Å². The first-order chi connectivity index (χ1) is 6.24. The van der Waals surface area contributed by atoms with Gasteiger partial charge in [-0.15, -0.1) is 0 Å². The van der Waals surface area contributed by atoms with E-state index in [-0.39, 0.29) is 0 Å². The zero-order chi connectivity index (χ0) is 9.68. The van der Waals surface area contributed by atoms with Gasteiger partial charge in [0.15, 0.2) is 0 Å². The molecule has 66 valence electrons. The second-order valence-corrected chi connectivity index (χ2v) is 2.97. The molecule has 0 aliphatic rings. The molecule has 0 atom stereocenters. The Balaban J connectivity index is 2.92. The minimum absolute atomic E-state index is 0.397. The van der Waals surface area contributed by atoms with Crippen molar-refractivity contribution in [3.63, 3.8) is 0 Å². The first-order valence-corrected chi connectivity index (χ1v) is 4.21. The molecule has 1 aromatic carbocycles. The van der Waals surface area contributed by atoms with Crippen LogP contribution in [0.15, 0.2) is 29.3 Å². The molecule has 0 heterocycles. The number of hydrogen-bond donors (Lipinski definition) is 0. The Morgan fingerprint density at radius 2 is 2.15 bits per heavy atom. The van der Waals surface area contributed by atoms with Gasteiger partial charge in [0, 0.05) is 5.71 Å². The lowest BCUT2D eigenvalue weighted by molar-refractivity contribution is 1.33. The maximum absolute atomic E-state index is 8.45. The van der Waals surface area contributed by atoms with Gasteiger partial charge in [-0.25, -0.2) is 0 Å². The lowest BCUT2D eigenvalue weighted by Crippen LogP contribution is -1.87. The van der Waals surface area contributed by atoms with E-state index in [1.807, 2.05) is 38.1 Å². The van der Waals surface area contributed by atoms with Crippen LogP contribution >= 0.6 is 0 Å². The van der Waals surface area contributed by atoms with E-state index in [4.69, 9.17) is 5.26 Å². The van der Waals surface area contributed by atoms with Crippen molar-refractivity contribution in [3.8, 4) is 6.07 Å². The topological polar surface area (TPSA) is 36.1 Å². The van der Waals surface area contributed by atoms with Crippen LogP contribution in [0.1, 0.15) is 18.9 Å². The van der Waals surface area contributed by atoms with Crippen molar-refractivity contribution in [2.75, 3.05) is 0 Å². The molecule has 0 bridgehead atoms. The molecule has 0 unspecified atom stereocenters. The van der Waals surface area contributed by atoms with Crippen LogP contribution in [0.2, 0.25) is 0 Å². The van der Waals surface area contributed by atoms with Gasteiger partial charge in [0.1, 0.15) is 0 Å². The van der Waals surface area contributed by atoms with Crippen LogP contribution < -0.4 is 0 Å². The zero-order valence-corrected chi connectivity index (χ0v) is 7.91. The highest BCUT2D eigenvalue weighted by Crippen LogP contribution is 2.17. The monoisotopic (exact) mass is 172 g/mol. The summed E-state index contributed by atoms with van der Waals surface area (Å²) in [6.07, 6.45) is 0.397. The summed E-state index contributed by atoms with van der Waals surface area (Å²) in [6.45, 7) is 3.88. The summed E-state index contributed by atoms with van der Waals surface area (Å²) in [5.74, 6) is 0. The SMILES string of the molecule is CC(CC#N)=Nc1ccccc1C. The van der Waals surface area contributed by atoms with Crippen LogP contribution in [0.5, 0.6) is 0 Å². The van der Waals surface area contributed by atoms with E-state index in [2.05, 4.69) is 11.1 Å². The molecule has 0 aliphatic carbocycles. The van der Waals surface area contributed by atoms with Gasteiger partial charge in [-0.05, 0) is 25.5 Å². The number of nitrogens with zero attached hydrogens (tertiary/aromatic N) is 2. The molecule has 1 aromatic rings. The number of hydrogen-bond acceptors (Lipinski definition) is 2. The van der Waals surface area contributed by atoms with E-state index in [1.165, 1.54) is 0 Å². The van der Waals surface area contributed by atoms with Gasteiger partial charge in [0.25, 0.3) is 0 Å². The molecule has 2 nitrogen and oxygen atoms in total. The number of rotatable bonds is 2. The number of benzene rings is 1. The fourth-order valence-corrected chi connectivity index (χ4v) is 1.05. The van der Waals surface area contributed by atoms with Gasteiger partial charge in [-0.2, -0.15) is 5.26 Å². The molecular weight excluding hydrogens is 160 g/mol. The van der Waals surface area contributed by atoms with Crippen molar-refractivity contribution in [1.29, 1.82) is 5.26 Å². The largest absolute Gasteiger partial charge is 0.257 e. The molecule has 2 heteroatoms. The van der Waals surface area contributed by atoms with Crippen molar-refractivity contribution >= 4 is 11.4 Å². The smallest absolute Gasteiger partial charge is 0.0732 e. The molecule has 0 radical (unpaired) electrons.